The number of hydrogen-bond donors (Lipinski definition) is 3. The SMILES string of the molecule is CCn1c2ccccc2c2cc(CNCCc3ccccc3)ccc21.O=C(O)C(=O)O. The normalized spacial score (nSPS) is 10.6. The number of aliphatic carboxylic acids is 2. The Morgan fingerprint density at radius 3 is 2.13 bits per heavy atom. The molecule has 6 heteroatoms. The molecule has 0 spiro atoms. The Labute approximate surface area is 180 Å². The molecule has 0 aliphatic heterocycles. The van der Waals surface area contributed by atoms with Crippen LogP contribution in [0.4, 0.5) is 0 Å². The number of carboxylic acid groups (broad SMARTS) is 2. The maximum absolute atomic E-state index is 9.10. The molecule has 0 aliphatic rings. The van der Waals surface area contributed by atoms with E-state index < -0.39 is 11.9 Å². The van der Waals surface area contributed by atoms with Crippen molar-refractivity contribution in [3.63, 3.8) is 0 Å². The molecule has 0 aliphatic carbocycles. The summed E-state index contributed by atoms with van der Waals surface area (Å²) in [4.78, 5) is 18.2. The van der Waals surface area contributed by atoms with Crippen molar-refractivity contribution in [3.05, 3.63) is 83.9 Å². The zero-order valence-electron chi connectivity index (χ0n) is 17.4. The van der Waals surface area contributed by atoms with E-state index >= 15 is 0 Å². The quantitative estimate of drug-likeness (QED) is 0.321. The first-order valence-electron chi connectivity index (χ1n) is 10.2. The van der Waals surface area contributed by atoms with Crippen molar-refractivity contribution in [2.24, 2.45) is 0 Å². The second-order valence-electron chi connectivity index (χ2n) is 7.14. The Hall–Kier alpha value is -3.64. The fourth-order valence-electron chi connectivity index (χ4n) is 3.66. The molecule has 4 aromatic rings. The average molecular weight is 418 g/mol. The molecule has 1 aromatic heterocycles. The largest absolute Gasteiger partial charge is 0.473 e. The van der Waals surface area contributed by atoms with Gasteiger partial charge in [0.2, 0.25) is 0 Å². The lowest BCUT2D eigenvalue weighted by molar-refractivity contribution is -0.159. The minimum absolute atomic E-state index is 0.911. The molecule has 0 amide bonds. The first-order valence-corrected chi connectivity index (χ1v) is 10.2. The maximum Gasteiger partial charge on any atom is 0.414 e. The van der Waals surface area contributed by atoms with Crippen molar-refractivity contribution in [2.75, 3.05) is 6.54 Å². The number of benzene rings is 3. The fourth-order valence-corrected chi connectivity index (χ4v) is 3.66. The van der Waals surface area contributed by atoms with E-state index in [0.29, 0.717) is 0 Å². The minimum Gasteiger partial charge on any atom is -0.473 e. The van der Waals surface area contributed by atoms with Gasteiger partial charge in [0.25, 0.3) is 0 Å². The van der Waals surface area contributed by atoms with E-state index in [0.717, 1.165) is 26.1 Å². The highest BCUT2D eigenvalue weighted by Gasteiger charge is 2.09. The zero-order chi connectivity index (χ0) is 22.2. The van der Waals surface area contributed by atoms with Crippen LogP contribution in [0, 0.1) is 0 Å². The van der Waals surface area contributed by atoms with Crippen LogP contribution in [0.25, 0.3) is 21.8 Å². The predicted octanol–water partition coefficient (Wildman–Crippen LogP) is 4.30. The van der Waals surface area contributed by atoms with Crippen molar-refractivity contribution >= 4 is 33.7 Å². The van der Waals surface area contributed by atoms with E-state index in [2.05, 4.69) is 89.6 Å². The summed E-state index contributed by atoms with van der Waals surface area (Å²) in [5.41, 5.74) is 5.39. The number of nitrogens with one attached hydrogen (secondary N) is 1. The van der Waals surface area contributed by atoms with Gasteiger partial charge in [-0.2, -0.15) is 0 Å². The summed E-state index contributed by atoms with van der Waals surface area (Å²) in [6, 6.07) is 26.2. The van der Waals surface area contributed by atoms with Gasteiger partial charge in [-0.1, -0.05) is 54.6 Å². The summed E-state index contributed by atoms with van der Waals surface area (Å²) in [6.45, 7) is 5.12. The van der Waals surface area contributed by atoms with Gasteiger partial charge in [0.15, 0.2) is 0 Å². The first-order chi connectivity index (χ1) is 15.0. The summed E-state index contributed by atoms with van der Waals surface area (Å²) >= 11 is 0. The van der Waals surface area contributed by atoms with Gasteiger partial charge < -0.3 is 20.1 Å². The van der Waals surface area contributed by atoms with E-state index in [4.69, 9.17) is 19.8 Å². The number of aryl methyl sites for hydroxylation is 1. The van der Waals surface area contributed by atoms with Gasteiger partial charge in [-0.15, -0.1) is 0 Å². The predicted molar refractivity (Wildman–Crippen MR) is 122 cm³/mol. The summed E-state index contributed by atoms with van der Waals surface area (Å²) in [5, 5.41) is 21.1. The van der Waals surface area contributed by atoms with Crippen molar-refractivity contribution in [1.82, 2.24) is 9.88 Å². The van der Waals surface area contributed by atoms with Crippen molar-refractivity contribution in [3.8, 4) is 0 Å². The van der Waals surface area contributed by atoms with E-state index in [1.807, 2.05) is 0 Å². The molecule has 4 rings (SSSR count). The first kappa shape index (κ1) is 22.1. The van der Waals surface area contributed by atoms with Crippen LogP contribution in [0.1, 0.15) is 18.1 Å². The van der Waals surface area contributed by atoms with Crippen LogP contribution in [-0.2, 0) is 29.1 Å². The van der Waals surface area contributed by atoms with E-state index in [-0.39, 0.29) is 0 Å². The van der Waals surface area contributed by atoms with E-state index in [9.17, 15) is 0 Å². The van der Waals surface area contributed by atoms with Gasteiger partial charge >= 0.3 is 11.9 Å². The molecule has 3 aromatic carbocycles. The third-order valence-electron chi connectivity index (χ3n) is 5.10. The van der Waals surface area contributed by atoms with Crippen molar-refractivity contribution in [2.45, 2.75) is 26.4 Å². The number of carboxylic acids is 2. The van der Waals surface area contributed by atoms with Gasteiger partial charge in [-0.3, -0.25) is 0 Å². The topological polar surface area (TPSA) is 91.6 Å². The molecular weight excluding hydrogens is 392 g/mol. The van der Waals surface area contributed by atoms with Crippen LogP contribution < -0.4 is 5.32 Å². The second kappa shape index (κ2) is 10.4. The third-order valence-corrected chi connectivity index (χ3v) is 5.10. The second-order valence-corrected chi connectivity index (χ2v) is 7.14. The standard InChI is InChI=1S/C23H24N2.C2H2O4/c1-2-25-22-11-7-6-10-20(22)21-16-19(12-13-23(21)25)17-24-15-14-18-8-4-3-5-9-18;3-1(4)2(5)6/h3-13,16,24H,2,14-15,17H2,1H3;(H,3,4)(H,5,6). The van der Waals surface area contributed by atoms with Crippen molar-refractivity contribution in [1.29, 1.82) is 0 Å². The van der Waals surface area contributed by atoms with Gasteiger partial charge in [-0.25, -0.2) is 9.59 Å². The monoisotopic (exact) mass is 418 g/mol. The Morgan fingerprint density at radius 1 is 0.806 bits per heavy atom. The summed E-state index contributed by atoms with van der Waals surface area (Å²) in [5.74, 6) is -3.65. The van der Waals surface area contributed by atoms with Crippen LogP contribution in [-0.4, -0.2) is 33.3 Å². The lowest BCUT2D eigenvalue weighted by atomic mass is 10.1. The number of para-hydroxylation sites is 1. The Bertz CT molecular complexity index is 1170. The molecule has 160 valence electrons. The van der Waals surface area contributed by atoms with Crippen LogP contribution in [0.3, 0.4) is 0 Å². The Kier molecular flexibility index (Phi) is 7.40. The van der Waals surface area contributed by atoms with Gasteiger partial charge in [-0.05, 0) is 49.2 Å². The zero-order valence-corrected chi connectivity index (χ0v) is 17.4. The molecule has 0 bridgehead atoms. The number of nitrogens with zero attached hydrogens (tertiary/aromatic N) is 1. The van der Waals surface area contributed by atoms with E-state index in [1.54, 1.807) is 0 Å². The molecule has 0 saturated heterocycles. The molecule has 6 nitrogen and oxygen atoms in total. The molecule has 1 heterocycles. The highest BCUT2D eigenvalue weighted by atomic mass is 16.4. The highest BCUT2D eigenvalue weighted by molar-refractivity contribution is 6.27. The highest BCUT2D eigenvalue weighted by Crippen LogP contribution is 2.29. The van der Waals surface area contributed by atoms with Crippen LogP contribution in [0.2, 0.25) is 0 Å². The maximum atomic E-state index is 9.10. The molecular formula is C25H26N2O4. The third kappa shape index (κ3) is 5.49. The molecule has 0 fully saturated rings. The smallest absolute Gasteiger partial charge is 0.414 e. The lowest BCUT2D eigenvalue weighted by Crippen LogP contribution is -2.16. The van der Waals surface area contributed by atoms with Gasteiger partial charge in [0.05, 0.1) is 0 Å². The molecule has 0 radical (unpaired) electrons. The molecule has 31 heavy (non-hydrogen) atoms. The molecule has 0 unspecified atom stereocenters. The average Bonchev–Trinajstić information content (AvgIpc) is 3.11. The van der Waals surface area contributed by atoms with Crippen LogP contribution >= 0.6 is 0 Å². The van der Waals surface area contributed by atoms with Crippen LogP contribution in [0.15, 0.2) is 72.8 Å². The number of carbonyl (C=O) groups is 2. The van der Waals surface area contributed by atoms with Gasteiger partial charge in [0, 0.05) is 34.9 Å². The van der Waals surface area contributed by atoms with E-state index in [1.165, 1.54) is 32.9 Å². The Balaban J connectivity index is 0.000000401. The molecule has 0 saturated carbocycles. The lowest BCUT2D eigenvalue weighted by Gasteiger charge is -2.07. The number of aromatic nitrogens is 1. The summed E-state index contributed by atoms with van der Waals surface area (Å²) in [6.07, 6.45) is 1.07. The Morgan fingerprint density at radius 2 is 1.45 bits per heavy atom. The number of hydrogen-bond acceptors (Lipinski definition) is 3. The number of fused-ring (bicyclic) bond motifs is 3. The van der Waals surface area contributed by atoms with Gasteiger partial charge in [0.1, 0.15) is 0 Å². The minimum atomic E-state index is -1.82. The summed E-state index contributed by atoms with van der Waals surface area (Å²) < 4.78 is 2.40. The fraction of sp³-hybridized carbons (Fsp3) is 0.200. The number of rotatable bonds is 6. The molecule has 3 N–H and O–H groups in total. The molecule has 0 atom stereocenters. The van der Waals surface area contributed by atoms with Crippen molar-refractivity contribution < 1.29 is 19.8 Å². The van der Waals surface area contributed by atoms with Crippen LogP contribution in [0.5, 0.6) is 0 Å². The summed E-state index contributed by atoms with van der Waals surface area (Å²) in [7, 11) is 0.